The van der Waals surface area contributed by atoms with E-state index in [-0.39, 0.29) is 35.2 Å². The van der Waals surface area contributed by atoms with Gasteiger partial charge in [-0.05, 0) is 31.2 Å². The number of carbonyl (C=O) groups is 2. The number of carbonyl (C=O) groups excluding carboxylic acids is 2. The van der Waals surface area contributed by atoms with E-state index in [0.29, 0.717) is 6.54 Å². The van der Waals surface area contributed by atoms with Gasteiger partial charge >= 0.3 is 0 Å². The predicted octanol–water partition coefficient (Wildman–Crippen LogP) is 1.54. The first kappa shape index (κ1) is 18.4. The molecule has 1 aromatic carbocycles. The monoisotopic (exact) mass is 370 g/mol. The van der Waals surface area contributed by atoms with E-state index in [4.69, 9.17) is 0 Å². The van der Waals surface area contributed by atoms with E-state index in [1.54, 1.807) is 0 Å². The van der Waals surface area contributed by atoms with Crippen molar-refractivity contribution in [2.24, 2.45) is 5.92 Å². The van der Waals surface area contributed by atoms with Gasteiger partial charge in [0, 0.05) is 31.2 Å². The second-order valence-electron chi connectivity index (χ2n) is 8.29. The van der Waals surface area contributed by atoms with E-state index >= 15 is 0 Å². The number of nitrogens with zero attached hydrogens (tertiary/aromatic N) is 1. The molecule has 1 aromatic rings. The van der Waals surface area contributed by atoms with Crippen LogP contribution in [0.25, 0.3) is 0 Å². The highest BCUT2D eigenvalue weighted by molar-refractivity contribution is 5.87. The second-order valence-corrected chi connectivity index (χ2v) is 8.29. The first-order valence-electron chi connectivity index (χ1n) is 10.3. The molecule has 3 N–H and O–H groups in total. The van der Waals surface area contributed by atoms with Gasteiger partial charge < -0.3 is 10.2 Å². The fraction of sp³-hybridized carbons (Fsp3) is 0.619. The first-order chi connectivity index (χ1) is 13.1. The molecule has 3 aliphatic heterocycles. The van der Waals surface area contributed by atoms with Gasteiger partial charge in [-0.2, -0.15) is 0 Å². The maximum absolute atomic E-state index is 13.0. The zero-order chi connectivity index (χ0) is 18.9. The van der Waals surface area contributed by atoms with E-state index in [1.807, 2.05) is 35.2 Å². The number of hydrogen-bond donors (Lipinski definition) is 3. The molecule has 146 valence electrons. The number of benzene rings is 1. The number of nitrogens with one attached hydrogen (secondary N) is 3. The number of hydrazine groups is 1. The van der Waals surface area contributed by atoms with Gasteiger partial charge in [-0.1, -0.05) is 43.7 Å². The summed E-state index contributed by atoms with van der Waals surface area (Å²) in [4.78, 5) is 27.6. The third-order valence-corrected chi connectivity index (χ3v) is 6.55. The molecule has 3 atom stereocenters. The third-order valence-electron chi connectivity index (χ3n) is 6.55. The van der Waals surface area contributed by atoms with Crippen LogP contribution in [-0.2, 0) is 9.59 Å². The molecule has 6 nitrogen and oxygen atoms in total. The lowest BCUT2D eigenvalue weighted by Gasteiger charge is -2.40. The Morgan fingerprint density at radius 2 is 1.96 bits per heavy atom. The molecule has 4 rings (SSSR count). The molecule has 0 saturated carbocycles. The number of hydrogen-bond acceptors (Lipinski definition) is 4. The van der Waals surface area contributed by atoms with Gasteiger partial charge in [0.2, 0.25) is 11.8 Å². The molecule has 3 fully saturated rings. The van der Waals surface area contributed by atoms with E-state index in [9.17, 15) is 9.59 Å². The maximum atomic E-state index is 13.0. The minimum atomic E-state index is -0.149. The highest BCUT2D eigenvalue weighted by Crippen LogP contribution is 2.39. The molecule has 2 amide bonds. The number of rotatable bonds is 4. The van der Waals surface area contributed by atoms with Crippen LogP contribution in [0.2, 0.25) is 0 Å². The molecule has 6 heteroatoms. The van der Waals surface area contributed by atoms with Gasteiger partial charge in [-0.3, -0.25) is 20.4 Å². The third kappa shape index (κ3) is 3.60. The lowest BCUT2D eigenvalue weighted by molar-refractivity contribution is -0.137. The van der Waals surface area contributed by atoms with Gasteiger partial charge in [-0.15, -0.1) is 0 Å². The summed E-state index contributed by atoms with van der Waals surface area (Å²) in [6.45, 7) is 4.32. The Morgan fingerprint density at radius 3 is 2.67 bits per heavy atom. The fourth-order valence-electron chi connectivity index (χ4n) is 4.94. The quantitative estimate of drug-likeness (QED) is 0.752. The molecule has 3 aliphatic rings. The van der Waals surface area contributed by atoms with Crippen LogP contribution in [0.5, 0.6) is 0 Å². The molecule has 0 aliphatic carbocycles. The van der Waals surface area contributed by atoms with Crippen LogP contribution in [0.15, 0.2) is 30.3 Å². The van der Waals surface area contributed by atoms with Crippen molar-refractivity contribution in [1.29, 1.82) is 0 Å². The average Bonchev–Trinajstić information content (AvgIpc) is 3.27. The van der Waals surface area contributed by atoms with Crippen molar-refractivity contribution in [3.05, 3.63) is 35.9 Å². The molecule has 3 saturated heterocycles. The van der Waals surface area contributed by atoms with Crippen LogP contribution in [0.1, 0.15) is 50.5 Å². The Morgan fingerprint density at radius 1 is 1.22 bits per heavy atom. The SMILES string of the molecule is CCCC1NNCC1C(=O)N1CCC2(CC1)CC(c1ccccc1)C(=O)N2. The van der Waals surface area contributed by atoms with Crippen molar-refractivity contribution >= 4 is 11.8 Å². The zero-order valence-electron chi connectivity index (χ0n) is 16.0. The van der Waals surface area contributed by atoms with E-state index in [1.165, 1.54) is 0 Å². The largest absolute Gasteiger partial charge is 0.350 e. The molecule has 1 spiro atoms. The highest BCUT2D eigenvalue weighted by atomic mass is 16.2. The number of piperidine rings is 1. The number of likely N-dealkylation sites (tertiary alicyclic amines) is 1. The zero-order valence-corrected chi connectivity index (χ0v) is 16.0. The van der Waals surface area contributed by atoms with Gasteiger partial charge in [-0.25, -0.2) is 0 Å². The lowest BCUT2D eigenvalue weighted by Crippen LogP contribution is -2.54. The van der Waals surface area contributed by atoms with E-state index < -0.39 is 0 Å². The smallest absolute Gasteiger partial charge is 0.228 e. The van der Waals surface area contributed by atoms with Crippen LogP contribution in [0.3, 0.4) is 0 Å². The summed E-state index contributed by atoms with van der Waals surface area (Å²) in [5.41, 5.74) is 7.35. The summed E-state index contributed by atoms with van der Waals surface area (Å²) in [5, 5.41) is 3.27. The highest BCUT2D eigenvalue weighted by Gasteiger charge is 2.47. The van der Waals surface area contributed by atoms with Crippen LogP contribution in [0.4, 0.5) is 0 Å². The van der Waals surface area contributed by atoms with E-state index in [0.717, 1.165) is 50.8 Å². The molecule has 3 heterocycles. The minimum Gasteiger partial charge on any atom is -0.350 e. The summed E-state index contributed by atoms with van der Waals surface area (Å²) in [6.07, 6.45) is 4.61. The number of amides is 2. The maximum Gasteiger partial charge on any atom is 0.228 e. The second kappa shape index (κ2) is 7.60. The predicted molar refractivity (Wildman–Crippen MR) is 104 cm³/mol. The Bertz CT molecular complexity index is 685. The van der Waals surface area contributed by atoms with Gasteiger partial charge in [0.05, 0.1) is 11.8 Å². The standard InChI is InChI=1S/C21H30N4O2/c1-2-6-18-17(14-22-24-18)20(27)25-11-9-21(10-12-25)13-16(19(26)23-21)15-7-4-3-5-8-15/h3-5,7-8,16-18,22,24H,2,6,9-14H2,1H3,(H,23,26). The average molecular weight is 370 g/mol. The van der Waals surface area contributed by atoms with Crippen molar-refractivity contribution in [3.8, 4) is 0 Å². The lowest BCUT2D eigenvalue weighted by atomic mass is 9.81. The first-order valence-corrected chi connectivity index (χ1v) is 10.3. The molecule has 27 heavy (non-hydrogen) atoms. The van der Waals surface area contributed by atoms with Gasteiger partial charge in [0.15, 0.2) is 0 Å². The topological polar surface area (TPSA) is 73.5 Å². The minimum absolute atomic E-state index is 0.0224. The van der Waals surface area contributed by atoms with Crippen molar-refractivity contribution in [1.82, 2.24) is 21.1 Å². The van der Waals surface area contributed by atoms with E-state index in [2.05, 4.69) is 23.1 Å². The molecule has 0 bridgehead atoms. The van der Waals surface area contributed by atoms with Crippen molar-refractivity contribution < 1.29 is 9.59 Å². The normalized spacial score (nSPS) is 29.9. The van der Waals surface area contributed by atoms with Crippen molar-refractivity contribution in [3.63, 3.8) is 0 Å². The summed E-state index contributed by atoms with van der Waals surface area (Å²) in [5.74, 6) is 0.345. The molecule has 0 radical (unpaired) electrons. The molecular formula is C21H30N4O2. The van der Waals surface area contributed by atoms with Crippen molar-refractivity contribution in [2.45, 2.75) is 56.5 Å². The Hall–Kier alpha value is -1.92. The van der Waals surface area contributed by atoms with Gasteiger partial charge in [0.1, 0.15) is 0 Å². The van der Waals surface area contributed by atoms with Gasteiger partial charge in [0.25, 0.3) is 0 Å². The van der Waals surface area contributed by atoms with Crippen LogP contribution in [-0.4, -0.2) is 47.9 Å². The summed E-state index contributed by atoms with van der Waals surface area (Å²) >= 11 is 0. The summed E-state index contributed by atoms with van der Waals surface area (Å²) in [6, 6.07) is 10.3. The Labute approximate surface area is 161 Å². The Balaban J connectivity index is 1.38. The Kier molecular flexibility index (Phi) is 5.19. The molecule has 0 aromatic heterocycles. The van der Waals surface area contributed by atoms with Crippen LogP contribution >= 0.6 is 0 Å². The molecular weight excluding hydrogens is 340 g/mol. The van der Waals surface area contributed by atoms with Crippen LogP contribution in [0, 0.1) is 5.92 Å². The van der Waals surface area contributed by atoms with Crippen molar-refractivity contribution in [2.75, 3.05) is 19.6 Å². The molecule has 3 unspecified atom stereocenters. The van der Waals surface area contributed by atoms with Crippen LogP contribution < -0.4 is 16.2 Å². The summed E-state index contributed by atoms with van der Waals surface area (Å²) in [7, 11) is 0. The summed E-state index contributed by atoms with van der Waals surface area (Å²) < 4.78 is 0. The fourth-order valence-corrected chi connectivity index (χ4v) is 4.94.